The minimum Gasteiger partial charge on any atom is -0.367 e. The molecule has 0 aliphatic rings. The quantitative estimate of drug-likeness (QED) is 0.413. The first-order valence-corrected chi connectivity index (χ1v) is 3.19. The van der Waals surface area contributed by atoms with Crippen molar-refractivity contribution in [3.8, 4) is 0 Å². The smallest absolute Gasteiger partial charge is 0.252 e. The van der Waals surface area contributed by atoms with Gasteiger partial charge in [0, 0.05) is 0 Å². The number of hydrogen-bond acceptors (Lipinski definition) is 3. The lowest BCUT2D eigenvalue weighted by molar-refractivity contribution is -0.120. The van der Waals surface area contributed by atoms with Gasteiger partial charge < -0.3 is 16.0 Å². The maximum Gasteiger partial charge on any atom is 0.252 e. The molecule has 0 aromatic rings. The summed E-state index contributed by atoms with van der Waals surface area (Å²) in [6, 6.07) is 0. The Bertz CT molecular complexity index is 139. The lowest BCUT2D eigenvalue weighted by Gasteiger charge is -2.13. The highest BCUT2D eigenvalue weighted by molar-refractivity contribution is 7.81. The van der Waals surface area contributed by atoms with E-state index >= 15 is 0 Å². The summed E-state index contributed by atoms with van der Waals surface area (Å²) in [5.41, 5.74) is 9.63. The molecular formula is C3H8N2O3S. The molecule has 5 nitrogen and oxygen atoms in total. The lowest BCUT2D eigenvalue weighted by Crippen LogP contribution is -2.52. The molecular weight excluding hydrogens is 144 g/mol. The van der Waals surface area contributed by atoms with Crippen LogP contribution < -0.4 is 11.5 Å². The molecule has 9 heavy (non-hydrogen) atoms. The third-order valence-electron chi connectivity index (χ3n) is 0.852. The first-order valence-electron chi connectivity index (χ1n) is 2.08. The highest BCUT2D eigenvalue weighted by Crippen LogP contribution is 2.00. The Labute approximate surface area is 54.7 Å². The SMILES string of the molecule is CC(N)(C(N)=O)S(=O)O. The Hall–Kier alpha value is -0.460. The molecule has 0 aliphatic heterocycles. The maximum atomic E-state index is 10.2. The summed E-state index contributed by atoms with van der Waals surface area (Å²) in [5.74, 6) is -0.997. The molecule has 0 fully saturated rings. The number of nitrogens with two attached hydrogens (primary N) is 2. The number of primary amides is 1. The van der Waals surface area contributed by atoms with Crippen molar-refractivity contribution in [3.63, 3.8) is 0 Å². The normalized spacial score (nSPS) is 20.3. The first-order chi connectivity index (χ1) is 3.89. The van der Waals surface area contributed by atoms with Gasteiger partial charge in [0.2, 0.25) is 0 Å². The molecule has 0 aliphatic carbocycles. The predicted octanol–water partition coefficient (Wildman–Crippen LogP) is -1.63. The van der Waals surface area contributed by atoms with Gasteiger partial charge >= 0.3 is 0 Å². The standard InChI is InChI=1S/C3H8N2O3S/c1-3(5,2(4)6)9(7)8/h5H2,1H3,(H2,4,6)(H,7,8). The van der Waals surface area contributed by atoms with Crippen molar-refractivity contribution in [2.45, 2.75) is 11.8 Å². The van der Waals surface area contributed by atoms with Gasteiger partial charge in [-0.25, -0.2) is 4.21 Å². The average Bonchev–Trinajstić information content (AvgIpc) is 1.65. The summed E-state index contributed by atoms with van der Waals surface area (Å²) in [7, 11) is 0. The molecule has 2 unspecified atom stereocenters. The van der Waals surface area contributed by atoms with E-state index in [1.807, 2.05) is 0 Å². The van der Waals surface area contributed by atoms with Crippen LogP contribution in [0.15, 0.2) is 0 Å². The molecule has 1 amide bonds. The molecule has 0 rings (SSSR count). The fourth-order valence-corrected chi connectivity index (χ4v) is 0.258. The number of rotatable bonds is 2. The zero-order chi connectivity index (χ0) is 7.65. The van der Waals surface area contributed by atoms with E-state index < -0.39 is 21.9 Å². The molecule has 5 N–H and O–H groups in total. The van der Waals surface area contributed by atoms with Crippen LogP contribution in [0.1, 0.15) is 6.92 Å². The van der Waals surface area contributed by atoms with E-state index in [4.69, 9.17) is 10.3 Å². The predicted molar refractivity (Wildman–Crippen MR) is 32.6 cm³/mol. The first kappa shape index (κ1) is 8.54. The van der Waals surface area contributed by atoms with Crippen LogP contribution in [0, 0.1) is 0 Å². The van der Waals surface area contributed by atoms with Crippen LogP contribution in [0.3, 0.4) is 0 Å². The minimum atomic E-state index is -2.40. The van der Waals surface area contributed by atoms with Gasteiger partial charge in [0.25, 0.3) is 5.91 Å². The van der Waals surface area contributed by atoms with Crippen LogP contribution in [0.25, 0.3) is 0 Å². The van der Waals surface area contributed by atoms with E-state index in [-0.39, 0.29) is 0 Å². The number of hydrogen-bond donors (Lipinski definition) is 3. The molecule has 2 atom stereocenters. The summed E-state index contributed by atoms with van der Waals surface area (Å²) in [5, 5.41) is 0. The summed E-state index contributed by atoms with van der Waals surface area (Å²) < 4.78 is 18.4. The van der Waals surface area contributed by atoms with Crippen molar-refractivity contribution in [2.75, 3.05) is 0 Å². The van der Waals surface area contributed by atoms with Gasteiger partial charge in [0.1, 0.15) is 0 Å². The van der Waals surface area contributed by atoms with Crippen LogP contribution in [0.4, 0.5) is 0 Å². The number of carbonyl (C=O) groups is 1. The second-order valence-electron chi connectivity index (χ2n) is 1.72. The van der Waals surface area contributed by atoms with Crippen LogP contribution >= 0.6 is 0 Å². The summed E-state index contributed by atoms with van der Waals surface area (Å²) >= 11 is -2.40. The molecule has 0 heterocycles. The van der Waals surface area contributed by atoms with Gasteiger partial charge in [0.05, 0.1) is 0 Å². The second kappa shape index (κ2) is 2.42. The van der Waals surface area contributed by atoms with Crippen LogP contribution in [0.5, 0.6) is 0 Å². The van der Waals surface area contributed by atoms with Gasteiger partial charge in [-0.05, 0) is 6.92 Å². The molecule has 0 spiro atoms. The molecule has 0 aromatic carbocycles. The average molecular weight is 152 g/mol. The van der Waals surface area contributed by atoms with E-state index in [1.54, 1.807) is 0 Å². The van der Waals surface area contributed by atoms with Crippen LogP contribution in [-0.2, 0) is 15.9 Å². The highest BCUT2D eigenvalue weighted by atomic mass is 32.2. The molecule has 6 heteroatoms. The third kappa shape index (κ3) is 1.74. The Morgan fingerprint density at radius 2 is 2.11 bits per heavy atom. The van der Waals surface area contributed by atoms with Gasteiger partial charge in [-0.3, -0.25) is 4.79 Å². The van der Waals surface area contributed by atoms with Gasteiger partial charge in [0.15, 0.2) is 16.0 Å². The minimum absolute atomic E-state index is 0.997. The van der Waals surface area contributed by atoms with Crippen molar-refractivity contribution in [2.24, 2.45) is 11.5 Å². The second-order valence-corrected chi connectivity index (χ2v) is 3.07. The van der Waals surface area contributed by atoms with E-state index in [9.17, 15) is 9.00 Å². The summed E-state index contributed by atoms with van der Waals surface area (Å²) in [6.45, 7) is 1.09. The van der Waals surface area contributed by atoms with Gasteiger partial charge in [-0.1, -0.05) is 0 Å². The van der Waals surface area contributed by atoms with E-state index in [0.29, 0.717) is 0 Å². The Balaban J connectivity index is 4.38. The molecule has 54 valence electrons. The number of amides is 1. The van der Waals surface area contributed by atoms with Crippen molar-refractivity contribution < 1.29 is 13.6 Å². The van der Waals surface area contributed by atoms with Gasteiger partial charge in [-0.15, -0.1) is 0 Å². The topological polar surface area (TPSA) is 106 Å². The zero-order valence-corrected chi connectivity index (χ0v) is 5.64. The Morgan fingerprint density at radius 1 is 1.78 bits per heavy atom. The Morgan fingerprint density at radius 3 is 2.11 bits per heavy atom. The maximum absolute atomic E-state index is 10.2. The van der Waals surface area contributed by atoms with Crippen molar-refractivity contribution in [1.29, 1.82) is 0 Å². The number of carbonyl (C=O) groups excluding carboxylic acids is 1. The molecule has 0 aromatic heterocycles. The largest absolute Gasteiger partial charge is 0.367 e. The molecule has 0 radical (unpaired) electrons. The highest BCUT2D eigenvalue weighted by Gasteiger charge is 2.32. The Kier molecular flexibility index (Phi) is 2.30. The summed E-state index contributed by atoms with van der Waals surface area (Å²) in [6.07, 6.45) is 0. The molecule has 0 bridgehead atoms. The fraction of sp³-hybridized carbons (Fsp3) is 0.667. The van der Waals surface area contributed by atoms with E-state index in [0.717, 1.165) is 6.92 Å². The van der Waals surface area contributed by atoms with Crippen molar-refractivity contribution in [1.82, 2.24) is 0 Å². The fourth-order valence-electron chi connectivity index (χ4n) is 0.0861. The van der Waals surface area contributed by atoms with Crippen molar-refractivity contribution >= 4 is 17.0 Å². The lowest BCUT2D eigenvalue weighted by atomic mass is 10.3. The summed E-state index contributed by atoms with van der Waals surface area (Å²) in [4.78, 5) is 8.37. The van der Waals surface area contributed by atoms with Crippen molar-refractivity contribution in [3.05, 3.63) is 0 Å². The monoisotopic (exact) mass is 152 g/mol. The molecule has 0 saturated heterocycles. The van der Waals surface area contributed by atoms with Crippen LogP contribution in [-0.4, -0.2) is 19.5 Å². The third-order valence-corrected chi connectivity index (χ3v) is 1.78. The van der Waals surface area contributed by atoms with E-state index in [2.05, 4.69) is 5.73 Å². The van der Waals surface area contributed by atoms with Crippen LogP contribution in [0.2, 0.25) is 0 Å². The van der Waals surface area contributed by atoms with Gasteiger partial charge in [-0.2, -0.15) is 0 Å². The molecule has 0 saturated carbocycles. The van der Waals surface area contributed by atoms with E-state index in [1.165, 1.54) is 0 Å². The zero-order valence-electron chi connectivity index (χ0n) is 4.83.